The van der Waals surface area contributed by atoms with Gasteiger partial charge in [-0.1, -0.05) is 0 Å². The second-order valence-corrected chi connectivity index (χ2v) is 7.25. The first-order valence-electron chi connectivity index (χ1n) is 8.04. The van der Waals surface area contributed by atoms with Gasteiger partial charge in [0.1, 0.15) is 5.56 Å². The number of aromatic nitrogens is 2. The van der Waals surface area contributed by atoms with Crippen LogP contribution in [-0.4, -0.2) is 56.3 Å². The lowest BCUT2D eigenvalue weighted by Crippen LogP contribution is -2.36. The molecule has 0 spiro atoms. The summed E-state index contributed by atoms with van der Waals surface area (Å²) in [6, 6.07) is 5.61. The molecular weight excluding hydrogens is 383 g/mol. The smallest absolute Gasteiger partial charge is 0.434 e. The zero-order chi connectivity index (χ0) is 19.8. The van der Waals surface area contributed by atoms with Crippen LogP contribution in [0.5, 0.6) is 0 Å². The molecule has 1 aromatic heterocycles. The Kier molecular flexibility index (Phi) is 5.18. The molecule has 6 nitrogen and oxygen atoms in total. The SMILES string of the molecule is CN(C(=O)c1ccc(-n2ncc(C(=O)O)c2C(F)(F)F)cc1)C1CCSC1. The topological polar surface area (TPSA) is 75.4 Å². The van der Waals surface area contributed by atoms with Crippen molar-refractivity contribution in [2.24, 2.45) is 0 Å². The molecule has 1 aromatic carbocycles. The summed E-state index contributed by atoms with van der Waals surface area (Å²) in [6.07, 6.45) is -3.32. The van der Waals surface area contributed by atoms with Crippen LogP contribution in [0.15, 0.2) is 30.5 Å². The Hall–Kier alpha value is -2.49. The van der Waals surface area contributed by atoms with Crippen LogP contribution in [0.4, 0.5) is 13.2 Å². The zero-order valence-corrected chi connectivity index (χ0v) is 15.0. The van der Waals surface area contributed by atoms with Crippen LogP contribution in [-0.2, 0) is 6.18 Å². The fourth-order valence-electron chi connectivity index (χ4n) is 2.92. The van der Waals surface area contributed by atoms with E-state index in [1.54, 1.807) is 23.7 Å². The summed E-state index contributed by atoms with van der Waals surface area (Å²) < 4.78 is 40.4. The van der Waals surface area contributed by atoms with Gasteiger partial charge in [0.2, 0.25) is 0 Å². The Balaban J connectivity index is 1.90. The van der Waals surface area contributed by atoms with Gasteiger partial charge in [-0.3, -0.25) is 4.79 Å². The summed E-state index contributed by atoms with van der Waals surface area (Å²) in [6.45, 7) is 0. The van der Waals surface area contributed by atoms with E-state index in [9.17, 15) is 22.8 Å². The van der Waals surface area contributed by atoms with E-state index in [1.807, 2.05) is 0 Å². The summed E-state index contributed by atoms with van der Waals surface area (Å²) in [5.41, 5.74) is -1.93. The van der Waals surface area contributed by atoms with Crippen molar-refractivity contribution >= 4 is 23.6 Å². The average molecular weight is 399 g/mol. The first-order valence-corrected chi connectivity index (χ1v) is 9.19. The first-order chi connectivity index (χ1) is 12.7. The van der Waals surface area contributed by atoms with Crippen molar-refractivity contribution in [3.63, 3.8) is 0 Å². The number of halogens is 3. The van der Waals surface area contributed by atoms with E-state index < -0.39 is 23.4 Å². The normalized spacial score (nSPS) is 17.1. The van der Waals surface area contributed by atoms with Gasteiger partial charge in [-0.2, -0.15) is 30.0 Å². The quantitative estimate of drug-likeness (QED) is 0.855. The van der Waals surface area contributed by atoms with E-state index in [0.29, 0.717) is 16.4 Å². The zero-order valence-electron chi connectivity index (χ0n) is 14.2. The summed E-state index contributed by atoms with van der Waals surface area (Å²) in [4.78, 5) is 25.2. The number of amides is 1. The maximum atomic E-state index is 13.3. The highest BCUT2D eigenvalue weighted by Crippen LogP contribution is 2.33. The molecule has 0 aliphatic carbocycles. The van der Waals surface area contributed by atoms with E-state index >= 15 is 0 Å². The molecule has 2 heterocycles. The van der Waals surface area contributed by atoms with Gasteiger partial charge in [0.05, 0.1) is 11.9 Å². The molecule has 10 heteroatoms. The van der Waals surface area contributed by atoms with Crippen molar-refractivity contribution in [2.75, 3.05) is 18.6 Å². The highest BCUT2D eigenvalue weighted by Gasteiger charge is 2.40. The lowest BCUT2D eigenvalue weighted by Gasteiger charge is -2.24. The van der Waals surface area contributed by atoms with Gasteiger partial charge >= 0.3 is 12.1 Å². The standard InChI is InChI=1S/C17H16F3N3O3S/c1-22(12-6-7-27-9-12)15(24)10-2-4-11(5-3-10)23-14(17(18,19)20)13(8-21-23)16(25)26/h2-5,8,12H,6-7,9H2,1H3,(H,25,26). The third-order valence-corrected chi connectivity index (χ3v) is 5.55. The van der Waals surface area contributed by atoms with Gasteiger partial charge in [0.25, 0.3) is 5.91 Å². The molecule has 3 rings (SSSR count). The number of carbonyl (C=O) groups excluding carboxylic acids is 1. The third kappa shape index (κ3) is 3.80. The average Bonchev–Trinajstić information content (AvgIpc) is 3.29. The Morgan fingerprint density at radius 2 is 1.96 bits per heavy atom. The number of thioether (sulfide) groups is 1. The van der Waals surface area contributed by atoms with E-state index in [2.05, 4.69) is 5.10 Å². The van der Waals surface area contributed by atoms with Crippen LogP contribution >= 0.6 is 11.8 Å². The Labute approximate surface area is 157 Å². The number of aromatic carboxylic acids is 1. The molecule has 1 aliphatic heterocycles. The second-order valence-electron chi connectivity index (χ2n) is 6.10. The number of carboxylic acids is 1. The van der Waals surface area contributed by atoms with Crippen LogP contribution in [0, 0.1) is 0 Å². The molecule has 1 unspecified atom stereocenters. The molecule has 144 valence electrons. The number of hydrogen-bond acceptors (Lipinski definition) is 4. The molecule has 1 aliphatic rings. The molecule has 1 saturated heterocycles. The minimum atomic E-state index is -4.89. The number of alkyl halides is 3. The summed E-state index contributed by atoms with van der Waals surface area (Å²) >= 11 is 1.77. The number of benzene rings is 1. The lowest BCUT2D eigenvalue weighted by molar-refractivity contribution is -0.143. The van der Waals surface area contributed by atoms with Crippen molar-refractivity contribution in [1.29, 1.82) is 0 Å². The Bertz CT molecular complexity index is 859. The molecular formula is C17H16F3N3O3S. The number of hydrogen-bond donors (Lipinski definition) is 1. The highest BCUT2D eigenvalue weighted by atomic mass is 32.2. The number of carbonyl (C=O) groups is 2. The predicted molar refractivity (Wildman–Crippen MR) is 93.3 cm³/mol. The van der Waals surface area contributed by atoms with Gasteiger partial charge in [-0.15, -0.1) is 0 Å². The number of rotatable bonds is 4. The molecule has 0 radical (unpaired) electrons. The largest absolute Gasteiger partial charge is 0.478 e. The Morgan fingerprint density at radius 1 is 1.30 bits per heavy atom. The molecule has 0 saturated carbocycles. The monoisotopic (exact) mass is 399 g/mol. The van der Waals surface area contributed by atoms with E-state index in [1.165, 1.54) is 24.3 Å². The van der Waals surface area contributed by atoms with E-state index in [-0.39, 0.29) is 17.6 Å². The summed E-state index contributed by atoms with van der Waals surface area (Å²) in [7, 11) is 1.71. The fraction of sp³-hybridized carbons (Fsp3) is 0.353. The number of carboxylic acid groups (broad SMARTS) is 1. The predicted octanol–water partition coefficient (Wildman–Crippen LogP) is 3.17. The number of nitrogens with zero attached hydrogens (tertiary/aromatic N) is 3. The second kappa shape index (κ2) is 7.26. The van der Waals surface area contributed by atoms with Crippen molar-refractivity contribution in [3.8, 4) is 5.69 Å². The minimum Gasteiger partial charge on any atom is -0.478 e. The molecule has 2 aromatic rings. The maximum Gasteiger partial charge on any atom is 0.434 e. The van der Waals surface area contributed by atoms with Crippen molar-refractivity contribution < 1.29 is 27.9 Å². The molecule has 27 heavy (non-hydrogen) atoms. The van der Waals surface area contributed by atoms with Crippen molar-refractivity contribution in [2.45, 2.75) is 18.6 Å². The van der Waals surface area contributed by atoms with E-state index in [4.69, 9.17) is 5.11 Å². The molecule has 1 N–H and O–H groups in total. The summed E-state index contributed by atoms with van der Waals surface area (Å²) in [5, 5.41) is 12.5. The summed E-state index contributed by atoms with van der Waals surface area (Å²) in [5.74, 6) is -0.0686. The van der Waals surface area contributed by atoms with Crippen LogP contribution in [0.25, 0.3) is 5.69 Å². The maximum absolute atomic E-state index is 13.3. The lowest BCUT2D eigenvalue weighted by atomic mass is 10.1. The molecule has 0 bridgehead atoms. The van der Waals surface area contributed by atoms with Crippen LogP contribution in [0.3, 0.4) is 0 Å². The third-order valence-electron chi connectivity index (χ3n) is 4.40. The highest BCUT2D eigenvalue weighted by molar-refractivity contribution is 7.99. The van der Waals surface area contributed by atoms with Crippen LogP contribution < -0.4 is 0 Å². The molecule has 1 amide bonds. The fourth-order valence-corrected chi connectivity index (χ4v) is 4.18. The molecule has 1 atom stereocenters. The minimum absolute atomic E-state index is 0.0189. The molecule has 1 fully saturated rings. The van der Waals surface area contributed by atoms with Crippen molar-refractivity contribution in [1.82, 2.24) is 14.7 Å². The van der Waals surface area contributed by atoms with Crippen LogP contribution in [0.1, 0.15) is 32.8 Å². The van der Waals surface area contributed by atoms with Gasteiger partial charge in [-0.05, 0) is 36.4 Å². The van der Waals surface area contributed by atoms with Gasteiger partial charge in [0.15, 0.2) is 5.69 Å². The van der Waals surface area contributed by atoms with Gasteiger partial charge in [0, 0.05) is 24.4 Å². The van der Waals surface area contributed by atoms with Gasteiger partial charge in [-0.25, -0.2) is 9.48 Å². The first kappa shape index (κ1) is 19.3. The van der Waals surface area contributed by atoms with Crippen molar-refractivity contribution in [3.05, 3.63) is 47.3 Å². The van der Waals surface area contributed by atoms with Gasteiger partial charge < -0.3 is 10.0 Å². The van der Waals surface area contributed by atoms with E-state index in [0.717, 1.165) is 17.9 Å². The van der Waals surface area contributed by atoms with Crippen LogP contribution in [0.2, 0.25) is 0 Å². The Morgan fingerprint density at radius 3 is 2.48 bits per heavy atom.